The maximum absolute atomic E-state index is 12.2. The summed E-state index contributed by atoms with van der Waals surface area (Å²) in [5, 5.41) is 13.4. The quantitative estimate of drug-likeness (QED) is 0.308. The monoisotopic (exact) mass is 392 g/mol. The van der Waals surface area contributed by atoms with Gasteiger partial charge in [0.25, 0.3) is 10.9 Å². The summed E-state index contributed by atoms with van der Waals surface area (Å²) >= 11 is 0. The number of nitrogens with one attached hydrogen (secondary N) is 1. The molecule has 1 aliphatic heterocycles. The highest BCUT2D eigenvalue weighted by molar-refractivity contribution is 7.17. The molecule has 0 fully saturated rings. The minimum atomic E-state index is -2.45. The van der Waals surface area contributed by atoms with Crippen LogP contribution in [0.5, 0.6) is 0 Å². The molecule has 10 heteroatoms. The second-order valence-corrected chi connectivity index (χ2v) is 6.36. The average molecular weight is 392 g/mol. The Hall–Kier alpha value is -2.61. The van der Waals surface area contributed by atoms with Gasteiger partial charge in [-0.05, 0) is 18.6 Å². The van der Waals surface area contributed by atoms with Gasteiger partial charge >= 0.3 is 20.6 Å². The van der Waals surface area contributed by atoms with Crippen LogP contribution in [-0.4, -0.2) is 36.7 Å². The molecule has 1 heterocycles. The first-order valence-electron chi connectivity index (χ1n) is 8.29. The van der Waals surface area contributed by atoms with E-state index in [0.717, 1.165) is 0 Å². The van der Waals surface area contributed by atoms with Gasteiger partial charge in [0.2, 0.25) is 0 Å². The van der Waals surface area contributed by atoms with Crippen molar-refractivity contribution in [2.75, 3.05) is 29.9 Å². The maximum atomic E-state index is 12.2. The third-order valence-corrected chi connectivity index (χ3v) is 4.61. The molecule has 2 aromatic carbocycles. The molecule has 142 valence electrons. The first kappa shape index (κ1) is 19.2. The van der Waals surface area contributed by atoms with E-state index in [9.17, 15) is 24.1 Å². The van der Waals surface area contributed by atoms with E-state index < -0.39 is 31.5 Å². The zero-order chi connectivity index (χ0) is 19.4. The summed E-state index contributed by atoms with van der Waals surface area (Å²) in [5.74, 6) is -3.30. The molecular formula is C17H17N2O7P. The molecule has 0 spiro atoms. The van der Waals surface area contributed by atoms with Gasteiger partial charge in [-0.1, -0.05) is 18.2 Å². The molecule has 0 aliphatic carbocycles. The molecule has 1 unspecified atom stereocenters. The number of benzene rings is 1. The average Bonchev–Trinajstić information content (AvgIpc) is 2.87. The number of nitrogens with zero attached hydrogens (tertiary/aromatic N) is 1. The van der Waals surface area contributed by atoms with Crippen LogP contribution in [0.1, 0.15) is 23.2 Å². The van der Waals surface area contributed by atoms with Crippen molar-refractivity contribution in [1.82, 2.24) is 0 Å². The van der Waals surface area contributed by atoms with Crippen LogP contribution >= 0.6 is 8.69 Å². The first-order valence-corrected chi connectivity index (χ1v) is 9.02. The third-order valence-electron chi connectivity index (χ3n) is 4.25. The van der Waals surface area contributed by atoms with Gasteiger partial charge < -0.3 is 20.1 Å². The molecule has 27 heavy (non-hydrogen) atoms. The summed E-state index contributed by atoms with van der Waals surface area (Å²) in [7, 11) is -0.876. The highest BCUT2D eigenvalue weighted by Gasteiger charge is 2.36. The molecule has 0 saturated heterocycles. The van der Waals surface area contributed by atoms with Crippen LogP contribution in [-0.2, 0) is 13.8 Å². The van der Waals surface area contributed by atoms with Crippen molar-refractivity contribution in [3.8, 4) is 0 Å². The lowest BCUT2D eigenvalue weighted by Crippen LogP contribution is -2.44. The van der Waals surface area contributed by atoms with E-state index in [-0.39, 0.29) is 29.9 Å². The second-order valence-electron chi connectivity index (χ2n) is 6.03. The molecule has 9 nitrogen and oxygen atoms in total. The van der Waals surface area contributed by atoms with Crippen molar-refractivity contribution in [3.05, 3.63) is 56.3 Å². The summed E-state index contributed by atoms with van der Waals surface area (Å²) in [5.41, 5.74) is -0.492. The van der Waals surface area contributed by atoms with Crippen LogP contribution in [0.3, 0.4) is 0 Å². The first-order chi connectivity index (χ1) is 12.9. The fourth-order valence-corrected chi connectivity index (χ4v) is 3.14. The number of carbonyl (C=O) groups is 1. The normalized spacial score (nSPS) is 16.3. The lowest BCUT2D eigenvalue weighted by atomic mass is 10.1. The molecule has 0 saturated carbocycles. The molecule has 1 atom stereocenters. The zero-order valence-corrected chi connectivity index (χ0v) is 15.1. The van der Waals surface area contributed by atoms with Gasteiger partial charge in [-0.25, -0.2) is 13.9 Å². The number of aliphatic hydroxyl groups is 1. The van der Waals surface area contributed by atoms with Crippen LogP contribution in [0.2, 0.25) is 0 Å². The zero-order valence-electron chi connectivity index (χ0n) is 14.2. The Bertz CT molecular complexity index is 910. The standard InChI is InChI=1S/C17H17N2O7P/c20-14-12-13(15(14)21)19(9-4-8-18-12)10-7-17(23,26-27-24)25-16(22)11-5-2-1-3-6-11/h1-3,5-6,18,23H,4,7-10H2. The van der Waals surface area contributed by atoms with Crippen molar-refractivity contribution < 1.29 is 23.7 Å². The van der Waals surface area contributed by atoms with Gasteiger partial charge in [0.1, 0.15) is 11.4 Å². The number of anilines is 2. The molecule has 0 radical (unpaired) electrons. The fraction of sp³-hybridized carbons (Fsp3) is 0.353. The molecule has 3 rings (SSSR count). The predicted molar refractivity (Wildman–Crippen MR) is 96.8 cm³/mol. The summed E-state index contributed by atoms with van der Waals surface area (Å²) in [6.07, 6.45) is 0.384. The SMILES string of the molecule is O=POC(O)(CCN1CCCNc2c1c(=O)c2=O)OC(=O)c1ccccc1. The number of fused-ring (bicyclic) bond motifs is 1. The maximum Gasteiger partial charge on any atom is 0.342 e. The number of ether oxygens (including phenoxy) is 1. The van der Waals surface area contributed by atoms with E-state index in [4.69, 9.17) is 9.26 Å². The van der Waals surface area contributed by atoms with Crippen molar-refractivity contribution in [3.63, 3.8) is 0 Å². The molecular weight excluding hydrogens is 375 g/mol. The van der Waals surface area contributed by atoms with E-state index in [0.29, 0.717) is 19.5 Å². The molecule has 2 N–H and O–H groups in total. The van der Waals surface area contributed by atoms with Gasteiger partial charge in [0, 0.05) is 19.6 Å². The minimum Gasteiger partial charge on any atom is -0.404 e. The smallest absolute Gasteiger partial charge is 0.342 e. The van der Waals surface area contributed by atoms with Crippen molar-refractivity contribution in [1.29, 1.82) is 0 Å². The van der Waals surface area contributed by atoms with Crippen LogP contribution in [0.4, 0.5) is 11.4 Å². The van der Waals surface area contributed by atoms with E-state index >= 15 is 0 Å². The van der Waals surface area contributed by atoms with E-state index in [1.807, 2.05) is 0 Å². The Balaban J connectivity index is 1.72. The topological polar surface area (TPSA) is 122 Å². The number of hydrogen-bond donors (Lipinski definition) is 2. The van der Waals surface area contributed by atoms with Gasteiger partial charge in [0.05, 0.1) is 12.0 Å². The van der Waals surface area contributed by atoms with Crippen molar-refractivity contribution in [2.45, 2.75) is 18.8 Å². The molecule has 0 bridgehead atoms. The Kier molecular flexibility index (Phi) is 5.65. The van der Waals surface area contributed by atoms with Gasteiger partial charge in [0.15, 0.2) is 0 Å². The van der Waals surface area contributed by atoms with Crippen LogP contribution in [0.25, 0.3) is 0 Å². The largest absolute Gasteiger partial charge is 0.404 e. The molecule has 2 aromatic rings. The van der Waals surface area contributed by atoms with E-state index in [1.54, 1.807) is 23.1 Å². The van der Waals surface area contributed by atoms with Gasteiger partial charge in [-0.3, -0.25) is 9.59 Å². The number of esters is 1. The predicted octanol–water partition coefficient (Wildman–Crippen LogP) is 1.02. The number of hydrogen-bond acceptors (Lipinski definition) is 9. The number of rotatable bonds is 7. The Morgan fingerprint density at radius 3 is 2.70 bits per heavy atom. The lowest BCUT2D eigenvalue weighted by molar-refractivity contribution is -0.286. The summed E-state index contributed by atoms with van der Waals surface area (Å²) in [4.78, 5) is 37.3. The molecule has 0 aromatic heterocycles. The molecule has 0 amide bonds. The third kappa shape index (κ3) is 4.05. The minimum absolute atomic E-state index is 0.0492. The second kappa shape index (κ2) is 7.96. The van der Waals surface area contributed by atoms with Crippen LogP contribution < -0.4 is 21.1 Å². The van der Waals surface area contributed by atoms with Gasteiger partial charge in [-0.2, -0.15) is 0 Å². The Morgan fingerprint density at radius 1 is 1.26 bits per heavy atom. The Labute approximate surface area is 155 Å². The summed E-state index contributed by atoms with van der Waals surface area (Å²) in [6, 6.07) is 7.95. The van der Waals surface area contributed by atoms with Crippen molar-refractivity contribution >= 4 is 26.0 Å². The van der Waals surface area contributed by atoms with E-state index in [1.165, 1.54) is 12.1 Å². The van der Waals surface area contributed by atoms with Crippen LogP contribution in [0, 0.1) is 0 Å². The number of carbonyl (C=O) groups excluding carboxylic acids is 1. The Morgan fingerprint density at radius 2 is 2.00 bits per heavy atom. The van der Waals surface area contributed by atoms with Crippen LogP contribution in [0.15, 0.2) is 39.9 Å². The summed E-state index contributed by atoms with van der Waals surface area (Å²) in [6.45, 7) is 1.05. The van der Waals surface area contributed by atoms with E-state index in [2.05, 4.69) is 5.32 Å². The fourth-order valence-electron chi connectivity index (χ4n) is 2.89. The highest BCUT2D eigenvalue weighted by Crippen LogP contribution is 2.27. The van der Waals surface area contributed by atoms with Crippen molar-refractivity contribution in [2.24, 2.45) is 0 Å². The molecule has 1 aliphatic rings. The lowest BCUT2D eigenvalue weighted by Gasteiger charge is -2.29. The van der Waals surface area contributed by atoms with Gasteiger partial charge in [-0.15, -0.1) is 0 Å². The summed E-state index contributed by atoms with van der Waals surface area (Å²) < 4.78 is 20.5. The highest BCUT2D eigenvalue weighted by atomic mass is 31.1.